The molecule has 2 rings (SSSR count). The first-order chi connectivity index (χ1) is 8.63. The van der Waals surface area contributed by atoms with Crippen LogP contribution in [0.1, 0.15) is 25.8 Å². The van der Waals surface area contributed by atoms with Gasteiger partial charge in [-0.2, -0.15) is 5.10 Å². The lowest BCUT2D eigenvalue weighted by Gasteiger charge is -2.09. The fourth-order valence-corrected chi connectivity index (χ4v) is 1.72. The minimum absolute atomic E-state index is 0.198. The Morgan fingerprint density at radius 2 is 2.17 bits per heavy atom. The van der Waals surface area contributed by atoms with Gasteiger partial charge in [0.2, 0.25) is 0 Å². The molecule has 0 fully saturated rings. The van der Waals surface area contributed by atoms with Gasteiger partial charge in [-0.25, -0.2) is 9.97 Å². The van der Waals surface area contributed by atoms with Crippen LogP contribution in [0.5, 0.6) is 0 Å². The number of hydrogen-bond acceptors (Lipinski definition) is 4. The van der Waals surface area contributed by atoms with Crippen LogP contribution in [0.3, 0.4) is 0 Å². The molecule has 0 saturated heterocycles. The Morgan fingerprint density at radius 1 is 1.39 bits per heavy atom. The van der Waals surface area contributed by atoms with Crippen molar-refractivity contribution in [2.45, 2.75) is 26.5 Å². The predicted octanol–water partition coefficient (Wildman–Crippen LogP) is 2.72. The van der Waals surface area contributed by atoms with Crippen molar-refractivity contribution in [1.29, 1.82) is 0 Å². The SMILES string of the molecule is CCn1ccc(-c2cc(Cl)nc(C(C)OC)n2)n1. The van der Waals surface area contributed by atoms with Crippen molar-refractivity contribution in [3.05, 3.63) is 29.3 Å². The molecule has 0 aliphatic rings. The Hall–Kier alpha value is -1.46. The summed E-state index contributed by atoms with van der Waals surface area (Å²) in [5.74, 6) is 0.561. The summed E-state index contributed by atoms with van der Waals surface area (Å²) < 4.78 is 7.04. The summed E-state index contributed by atoms with van der Waals surface area (Å²) in [7, 11) is 1.61. The van der Waals surface area contributed by atoms with Crippen molar-refractivity contribution in [1.82, 2.24) is 19.7 Å². The lowest BCUT2D eigenvalue weighted by molar-refractivity contribution is 0.112. The van der Waals surface area contributed by atoms with Gasteiger partial charge in [0.15, 0.2) is 5.82 Å². The van der Waals surface area contributed by atoms with Crippen LogP contribution in [0.25, 0.3) is 11.4 Å². The number of rotatable bonds is 4. The Bertz CT molecular complexity index is 541. The van der Waals surface area contributed by atoms with Gasteiger partial charge in [-0.15, -0.1) is 0 Å². The molecule has 96 valence electrons. The van der Waals surface area contributed by atoms with E-state index in [9.17, 15) is 0 Å². The third-order valence-electron chi connectivity index (χ3n) is 2.66. The van der Waals surface area contributed by atoms with Crippen LogP contribution < -0.4 is 0 Å². The number of methoxy groups -OCH3 is 1. The second kappa shape index (κ2) is 5.46. The summed E-state index contributed by atoms with van der Waals surface area (Å²) in [4.78, 5) is 8.58. The van der Waals surface area contributed by atoms with Gasteiger partial charge in [0.1, 0.15) is 17.0 Å². The lowest BCUT2D eigenvalue weighted by atomic mass is 10.3. The molecule has 2 aromatic heterocycles. The topological polar surface area (TPSA) is 52.8 Å². The first-order valence-corrected chi connectivity index (χ1v) is 6.13. The van der Waals surface area contributed by atoms with Crippen molar-refractivity contribution < 1.29 is 4.74 Å². The monoisotopic (exact) mass is 266 g/mol. The van der Waals surface area contributed by atoms with E-state index in [0.717, 1.165) is 12.2 Å². The second-order valence-corrected chi connectivity index (χ2v) is 4.26. The standard InChI is InChI=1S/C12H15ClN4O/c1-4-17-6-5-9(16-17)10-7-11(13)15-12(14-10)8(2)18-3/h5-8H,4H2,1-3H3. The Morgan fingerprint density at radius 3 is 2.78 bits per heavy atom. The van der Waals surface area contributed by atoms with Crippen LogP contribution in [0.15, 0.2) is 18.3 Å². The van der Waals surface area contributed by atoms with Gasteiger partial charge >= 0.3 is 0 Å². The third-order valence-corrected chi connectivity index (χ3v) is 2.85. The summed E-state index contributed by atoms with van der Waals surface area (Å²) >= 11 is 6.00. The molecule has 18 heavy (non-hydrogen) atoms. The van der Waals surface area contributed by atoms with E-state index in [1.54, 1.807) is 13.2 Å². The van der Waals surface area contributed by atoms with E-state index >= 15 is 0 Å². The van der Waals surface area contributed by atoms with Crippen molar-refractivity contribution >= 4 is 11.6 Å². The quantitative estimate of drug-likeness (QED) is 0.799. The molecule has 0 aliphatic heterocycles. The molecular formula is C12H15ClN4O. The van der Waals surface area contributed by atoms with E-state index < -0.39 is 0 Å². The van der Waals surface area contributed by atoms with Gasteiger partial charge in [-0.05, 0) is 19.9 Å². The highest BCUT2D eigenvalue weighted by atomic mass is 35.5. The second-order valence-electron chi connectivity index (χ2n) is 3.87. The molecule has 6 heteroatoms. The normalized spacial score (nSPS) is 12.7. The molecular weight excluding hydrogens is 252 g/mol. The number of halogens is 1. The van der Waals surface area contributed by atoms with E-state index in [1.165, 1.54) is 0 Å². The van der Waals surface area contributed by atoms with Gasteiger partial charge in [-0.3, -0.25) is 4.68 Å². The maximum absolute atomic E-state index is 6.00. The highest BCUT2D eigenvalue weighted by Crippen LogP contribution is 2.21. The minimum Gasteiger partial charge on any atom is -0.374 e. The number of aryl methyl sites for hydroxylation is 1. The van der Waals surface area contributed by atoms with Gasteiger partial charge < -0.3 is 4.74 Å². The third kappa shape index (κ3) is 2.68. The van der Waals surface area contributed by atoms with Gasteiger partial charge in [0.25, 0.3) is 0 Å². The number of nitrogens with zero attached hydrogens (tertiary/aromatic N) is 4. The summed E-state index contributed by atoms with van der Waals surface area (Å²) in [6, 6.07) is 3.61. The summed E-state index contributed by atoms with van der Waals surface area (Å²) in [6.45, 7) is 4.72. The largest absolute Gasteiger partial charge is 0.374 e. The van der Waals surface area contributed by atoms with E-state index in [4.69, 9.17) is 16.3 Å². The lowest BCUT2D eigenvalue weighted by Crippen LogP contribution is -2.04. The molecule has 0 aliphatic carbocycles. The fourth-order valence-electron chi connectivity index (χ4n) is 1.53. The van der Waals surface area contributed by atoms with Gasteiger partial charge in [0.05, 0.1) is 5.69 Å². The Balaban J connectivity index is 2.41. The zero-order chi connectivity index (χ0) is 13.1. The van der Waals surface area contributed by atoms with Crippen molar-refractivity contribution in [2.24, 2.45) is 0 Å². The predicted molar refractivity (Wildman–Crippen MR) is 69.4 cm³/mol. The number of ether oxygens (including phenoxy) is 1. The molecule has 0 N–H and O–H groups in total. The molecule has 0 spiro atoms. The van der Waals surface area contributed by atoms with Crippen LogP contribution in [0.4, 0.5) is 0 Å². The van der Waals surface area contributed by atoms with Gasteiger partial charge in [-0.1, -0.05) is 11.6 Å². The first-order valence-electron chi connectivity index (χ1n) is 5.75. The number of aromatic nitrogens is 4. The molecule has 5 nitrogen and oxygen atoms in total. The number of hydrogen-bond donors (Lipinski definition) is 0. The Kier molecular flexibility index (Phi) is 3.93. The van der Waals surface area contributed by atoms with Crippen molar-refractivity contribution in [3.63, 3.8) is 0 Å². The van der Waals surface area contributed by atoms with Gasteiger partial charge in [0, 0.05) is 25.9 Å². The molecule has 1 unspecified atom stereocenters. The van der Waals surface area contributed by atoms with Crippen LogP contribution in [-0.4, -0.2) is 26.9 Å². The highest BCUT2D eigenvalue weighted by Gasteiger charge is 2.12. The summed E-state index contributed by atoms with van der Waals surface area (Å²) in [5.41, 5.74) is 1.49. The molecule has 0 bridgehead atoms. The van der Waals surface area contributed by atoms with Crippen LogP contribution in [0.2, 0.25) is 5.15 Å². The van der Waals surface area contributed by atoms with E-state index in [-0.39, 0.29) is 6.10 Å². The molecule has 0 aromatic carbocycles. The van der Waals surface area contributed by atoms with E-state index in [1.807, 2.05) is 30.8 Å². The van der Waals surface area contributed by atoms with Crippen LogP contribution in [-0.2, 0) is 11.3 Å². The van der Waals surface area contributed by atoms with Crippen molar-refractivity contribution in [3.8, 4) is 11.4 Å². The fraction of sp³-hybridized carbons (Fsp3) is 0.417. The van der Waals surface area contributed by atoms with Crippen LogP contribution in [0, 0.1) is 0 Å². The summed E-state index contributed by atoms with van der Waals surface area (Å²) in [6.07, 6.45) is 1.71. The molecule has 1 atom stereocenters. The molecule has 0 saturated carbocycles. The average Bonchev–Trinajstić information content (AvgIpc) is 2.85. The van der Waals surface area contributed by atoms with Crippen LogP contribution >= 0.6 is 11.6 Å². The minimum atomic E-state index is -0.198. The van der Waals surface area contributed by atoms with Crippen molar-refractivity contribution in [2.75, 3.05) is 7.11 Å². The zero-order valence-electron chi connectivity index (χ0n) is 10.6. The molecule has 0 amide bonds. The molecule has 2 aromatic rings. The zero-order valence-corrected chi connectivity index (χ0v) is 11.3. The highest BCUT2D eigenvalue weighted by molar-refractivity contribution is 6.29. The molecule has 2 heterocycles. The average molecular weight is 267 g/mol. The maximum atomic E-state index is 6.00. The summed E-state index contributed by atoms with van der Waals surface area (Å²) in [5, 5.41) is 4.79. The van der Waals surface area contributed by atoms with E-state index in [2.05, 4.69) is 15.1 Å². The van der Waals surface area contributed by atoms with E-state index in [0.29, 0.717) is 16.7 Å². The maximum Gasteiger partial charge on any atom is 0.159 e. The Labute approximate surface area is 111 Å². The smallest absolute Gasteiger partial charge is 0.159 e. The first kappa shape index (κ1) is 13.0. The molecule has 0 radical (unpaired) electrons.